The van der Waals surface area contributed by atoms with Crippen molar-refractivity contribution in [3.8, 4) is 5.75 Å². The molecule has 16 atom stereocenters. The first-order chi connectivity index (χ1) is 25.4. The highest BCUT2D eigenvalue weighted by Crippen LogP contribution is 2.70. The van der Waals surface area contributed by atoms with E-state index in [4.69, 9.17) is 23.7 Å². The average Bonchev–Trinajstić information content (AvgIpc) is 3.60. The van der Waals surface area contributed by atoms with Crippen LogP contribution in [0.1, 0.15) is 91.0 Å². The van der Waals surface area contributed by atoms with Gasteiger partial charge in [0.25, 0.3) is 0 Å². The van der Waals surface area contributed by atoms with E-state index in [1.54, 1.807) is 13.2 Å². The fraction of sp³-hybridized carbons (Fsp3) is 0.744. The average molecular weight is 736 g/mol. The Morgan fingerprint density at radius 3 is 2.66 bits per heavy atom. The summed E-state index contributed by atoms with van der Waals surface area (Å²) in [6.07, 6.45) is 10.2. The highest BCUT2D eigenvalue weighted by Gasteiger charge is 2.68. The van der Waals surface area contributed by atoms with E-state index in [9.17, 15) is 20.1 Å². The van der Waals surface area contributed by atoms with Crippen LogP contribution in [0.2, 0.25) is 0 Å². The Hall–Kier alpha value is -2.31. The Bertz CT molecular complexity index is 1570. The molecule has 7 aliphatic rings. The van der Waals surface area contributed by atoms with Gasteiger partial charge >= 0.3 is 0 Å². The molecule has 0 unspecified atom stereocenters. The predicted octanol–water partition coefficient (Wildman–Crippen LogP) is 5.38. The van der Waals surface area contributed by atoms with Crippen molar-refractivity contribution in [3.05, 3.63) is 47.6 Å². The molecule has 8 rings (SSSR count). The molecule has 10 nitrogen and oxygen atoms in total. The Morgan fingerprint density at radius 1 is 1.08 bits per heavy atom. The number of rotatable bonds is 7. The van der Waals surface area contributed by atoms with Gasteiger partial charge in [0.2, 0.25) is 5.91 Å². The first-order valence-corrected chi connectivity index (χ1v) is 20.3. The second kappa shape index (κ2) is 14.3. The summed E-state index contributed by atoms with van der Waals surface area (Å²) in [6, 6.07) is 6.29. The van der Waals surface area contributed by atoms with E-state index in [1.807, 2.05) is 24.3 Å². The van der Waals surface area contributed by atoms with Gasteiger partial charge in [-0.1, -0.05) is 51.5 Å². The number of hydrogen-bond donors (Lipinski definition) is 4. The number of benzene rings is 1. The van der Waals surface area contributed by atoms with Crippen molar-refractivity contribution in [2.24, 2.45) is 46.3 Å². The van der Waals surface area contributed by atoms with Crippen LogP contribution in [0.15, 0.2) is 42.0 Å². The first kappa shape index (κ1) is 37.6. The van der Waals surface area contributed by atoms with Gasteiger partial charge in [-0.15, -0.1) is 0 Å². The van der Waals surface area contributed by atoms with Crippen molar-refractivity contribution in [1.82, 2.24) is 5.32 Å². The van der Waals surface area contributed by atoms with Crippen LogP contribution in [0.4, 0.5) is 0 Å². The number of aliphatic hydroxyl groups excluding tert-OH is 3. The minimum absolute atomic E-state index is 0.0907. The van der Waals surface area contributed by atoms with Crippen LogP contribution in [0.5, 0.6) is 5.75 Å². The molecule has 53 heavy (non-hydrogen) atoms. The molecule has 6 fully saturated rings. The summed E-state index contributed by atoms with van der Waals surface area (Å²) in [7, 11) is 1.58. The molecule has 4 aliphatic carbocycles. The Morgan fingerprint density at radius 2 is 1.91 bits per heavy atom. The van der Waals surface area contributed by atoms with Gasteiger partial charge in [-0.05, 0) is 116 Å². The predicted molar refractivity (Wildman–Crippen MR) is 198 cm³/mol. The third kappa shape index (κ3) is 6.42. The van der Waals surface area contributed by atoms with Gasteiger partial charge in [-0.25, -0.2) is 0 Å². The monoisotopic (exact) mass is 735 g/mol. The maximum Gasteiger partial charge on any atom is 0.244 e. The number of aliphatic hydroxyl groups is 3. The van der Waals surface area contributed by atoms with E-state index in [2.05, 4.69) is 39.1 Å². The summed E-state index contributed by atoms with van der Waals surface area (Å²) >= 11 is 0. The lowest BCUT2D eigenvalue weighted by molar-refractivity contribution is -0.284. The van der Waals surface area contributed by atoms with E-state index < -0.39 is 43.2 Å². The Kier molecular flexibility index (Phi) is 10.2. The van der Waals surface area contributed by atoms with E-state index in [1.165, 1.54) is 30.9 Å². The third-order valence-corrected chi connectivity index (χ3v) is 15.4. The zero-order valence-electron chi connectivity index (χ0n) is 32.1. The normalized spacial score (nSPS) is 47.7. The van der Waals surface area contributed by atoms with Crippen LogP contribution in [-0.2, 0) is 23.7 Å². The maximum absolute atomic E-state index is 13.1. The van der Waals surface area contributed by atoms with Gasteiger partial charge in [-0.2, -0.15) is 0 Å². The van der Waals surface area contributed by atoms with Crippen molar-refractivity contribution in [3.63, 3.8) is 0 Å². The standard InChI is InChI=1S/C43H61NO9/c1-24-13-18-43(50-23-24)25(2)36-33(53-43)21-32-30-11-10-27-20-29(14-16-41(27,3)31(30)15-17-42(32,36)4)51-40-37(39(48)38(47)34(22-45)52-40)44-35(46)12-9-26-7-6-8-28(19-26)49-5/h6-10,12,19,24-25,29-34,36-40,45,47-48H,11,13-18,20-23H2,1-5H3,(H,44,46)/b12-9+/t24-,25+,29+,30-,31+,32+,33+,34-,36+,37-,38-,39-,40-,41+,42+,43-/m1/s1. The highest BCUT2D eigenvalue weighted by atomic mass is 16.7. The molecule has 4 N–H and O–H groups in total. The summed E-state index contributed by atoms with van der Waals surface area (Å²) in [5, 5.41) is 34.7. The SMILES string of the molecule is COc1cccc(/C=C/C(=O)N[C@H]2[C@H](O[C@H]3CC[C@@]4(C)C(=CC[C@H]5[C@@H]6C[C@@H]7O[C@]8(CC[C@@H](C)CO8)[C@@H](C)[C@@H]7[C@@]6(C)CC[C@@H]54)C3)O[C@H](CO)[C@@H](O)[C@@H]2O)c1. The number of fused-ring (bicyclic) bond motifs is 7. The molecule has 3 heterocycles. The second-order valence-electron chi connectivity index (χ2n) is 18.1. The number of hydrogen-bond acceptors (Lipinski definition) is 9. The fourth-order valence-electron chi connectivity index (χ4n) is 12.4. The fourth-order valence-corrected chi connectivity index (χ4v) is 12.4. The molecule has 0 bridgehead atoms. The van der Waals surface area contributed by atoms with Gasteiger partial charge in [0.1, 0.15) is 30.1 Å². The topological polar surface area (TPSA) is 136 Å². The number of carbonyl (C=O) groups excluding carboxylic acids is 1. The van der Waals surface area contributed by atoms with Crippen molar-refractivity contribution in [2.75, 3.05) is 20.3 Å². The van der Waals surface area contributed by atoms with Gasteiger partial charge in [0.05, 0.1) is 32.5 Å². The van der Waals surface area contributed by atoms with Crippen LogP contribution in [0.25, 0.3) is 6.08 Å². The van der Waals surface area contributed by atoms with Crippen molar-refractivity contribution in [1.29, 1.82) is 0 Å². The number of carbonyl (C=O) groups is 1. The van der Waals surface area contributed by atoms with Gasteiger partial charge in [0, 0.05) is 18.4 Å². The minimum atomic E-state index is -1.39. The lowest BCUT2D eigenvalue weighted by Crippen LogP contribution is -2.65. The summed E-state index contributed by atoms with van der Waals surface area (Å²) in [5.74, 6) is 3.27. The van der Waals surface area contributed by atoms with Crippen molar-refractivity contribution < 1.29 is 43.8 Å². The number of ether oxygens (including phenoxy) is 5. The lowest BCUT2D eigenvalue weighted by Gasteiger charge is -2.58. The Labute approximate surface area is 314 Å². The molecule has 1 amide bonds. The molecule has 292 valence electrons. The quantitative estimate of drug-likeness (QED) is 0.215. The lowest BCUT2D eigenvalue weighted by atomic mass is 9.47. The summed E-state index contributed by atoms with van der Waals surface area (Å²) in [6.45, 7) is 10.1. The molecular weight excluding hydrogens is 674 g/mol. The van der Waals surface area contributed by atoms with E-state index in [0.29, 0.717) is 41.3 Å². The number of methoxy groups -OCH3 is 1. The summed E-state index contributed by atoms with van der Waals surface area (Å²) in [5.41, 5.74) is 2.58. The molecule has 1 spiro atoms. The molecular formula is C43H61NO9. The van der Waals surface area contributed by atoms with Crippen LogP contribution in [0, 0.1) is 46.3 Å². The molecule has 3 saturated heterocycles. The van der Waals surface area contributed by atoms with Gasteiger partial charge < -0.3 is 44.3 Å². The van der Waals surface area contributed by atoms with Crippen molar-refractivity contribution in [2.45, 2.75) is 134 Å². The number of nitrogens with one attached hydrogen (secondary N) is 1. The zero-order valence-corrected chi connectivity index (χ0v) is 32.1. The number of amides is 1. The van der Waals surface area contributed by atoms with E-state index >= 15 is 0 Å². The van der Waals surface area contributed by atoms with Crippen LogP contribution >= 0.6 is 0 Å². The summed E-state index contributed by atoms with van der Waals surface area (Å²) < 4.78 is 31.4. The molecule has 3 saturated carbocycles. The second-order valence-corrected chi connectivity index (χ2v) is 18.1. The van der Waals surface area contributed by atoms with E-state index in [-0.39, 0.29) is 28.8 Å². The summed E-state index contributed by atoms with van der Waals surface area (Å²) in [4.78, 5) is 13.1. The van der Waals surface area contributed by atoms with Gasteiger partial charge in [-0.3, -0.25) is 4.79 Å². The maximum atomic E-state index is 13.1. The first-order valence-electron chi connectivity index (χ1n) is 20.3. The molecule has 0 aromatic heterocycles. The van der Waals surface area contributed by atoms with E-state index in [0.717, 1.165) is 50.7 Å². The smallest absolute Gasteiger partial charge is 0.244 e. The molecule has 0 radical (unpaired) electrons. The third-order valence-electron chi connectivity index (χ3n) is 15.4. The molecule has 3 aliphatic heterocycles. The highest BCUT2D eigenvalue weighted by molar-refractivity contribution is 5.92. The van der Waals surface area contributed by atoms with Crippen LogP contribution in [0.3, 0.4) is 0 Å². The van der Waals surface area contributed by atoms with Crippen LogP contribution in [-0.4, -0.2) is 90.2 Å². The number of allylic oxidation sites excluding steroid dienone is 1. The Balaban J connectivity index is 0.946. The molecule has 1 aromatic rings. The minimum Gasteiger partial charge on any atom is -0.497 e. The molecule has 1 aromatic carbocycles. The van der Waals surface area contributed by atoms with Gasteiger partial charge in [0.15, 0.2) is 12.1 Å². The largest absolute Gasteiger partial charge is 0.497 e. The zero-order chi connectivity index (χ0) is 37.3. The van der Waals surface area contributed by atoms with Crippen molar-refractivity contribution >= 4 is 12.0 Å². The van der Waals surface area contributed by atoms with Crippen LogP contribution < -0.4 is 10.1 Å². The molecule has 10 heteroatoms.